The van der Waals surface area contributed by atoms with Crippen molar-refractivity contribution in [1.29, 1.82) is 0 Å². The number of hydrogen-bond acceptors (Lipinski definition) is 5. The summed E-state index contributed by atoms with van der Waals surface area (Å²) < 4.78 is 1.84. The van der Waals surface area contributed by atoms with Gasteiger partial charge in [0.15, 0.2) is 5.16 Å². The van der Waals surface area contributed by atoms with Crippen molar-refractivity contribution in [1.82, 2.24) is 14.5 Å². The summed E-state index contributed by atoms with van der Waals surface area (Å²) in [6.45, 7) is 8.43. The number of rotatable bonds is 5. The molecule has 4 rings (SSSR count). The SMILES string of the molecule is Cc1cccc(-n2c(SCCC(C)C)nc3sc4c(c3c2=O)CCN(C)C4)c1. The minimum atomic E-state index is 0.0877. The van der Waals surface area contributed by atoms with Crippen molar-refractivity contribution < 1.29 is 0 Å². The van der Waals surface area contributed by atoms with E-state index in [1.165, 1.54) is 10.4 Å². The molecule has 0 spiro atoms. The van der Waals surface area contributed by atoms with E-state index in [0.29, 0.717) is 5.92 Å². The Morgan fingerprint density at radius 1 is 1.32 bits per heavy atom. The Hall–Kier alpha value is -1.63. The van der Waals surface area contributed by atoms with Crippen molar-refractivity contribution in [3.05, 3.63) is 50.6 Å². The first-order valence-electron chi connectivity index (χ1n) is 9.89. The third-order valence-corrected chi connectivity index (χ3v) is 7.30. The van der Waals surface area contributed by atoms with E-state index in [-0.39, 0.29) is 5.56 Å². The van der Waals surface area contributed by atoms with Crippen molar-refractivity contribution in [2.45, 2.75) is 45.3 Å². The molecule has 3 aromatic rings. The number of thiophene rings is 1. The number of hydrogen-bond donors (Lipinski definition) is 0. The number of nitrogens with zero attached hydrogens (tertiary/aromatic N) is 3. The molecule has 0 saturated heterocycles. The molecule has 0 N–H and O–H groups in total. The van der Waals surface area contributed by atoms with Crippen molar-refractivity contribution in [3.8, 4) is 5.69 Å². The van der Waals surface area contributed by atoms with Crippen LogP contribution in [-0.2, 0) is 13.0 Å². The molecule has 0 saturated carbocycles. The summed E-state index contributed by atoms with van der Waals surface area (Å²) in [5, 5.41) is 1.65. The molecule has 0 amide bonds. The molecule has 0 radical (unpaired) electrons. The number of likely N-dealkylation sites (N-methyl/N-ethyl adjacent to an activating group) is 1. The maximum absolute atomic E-state index is 13.7. The van der Waals surface area contributed by atoms with Gasteiger partial charge in [0.1, 0.15) is 4.83 Å². The molecule has 0 fully saturated rings. The molecular formula is C22H27N3OS2. The Bertz CT molecular complexity index is 1070. The molecular weight excluding hydrogens is 386 g/mol. The topological polar surface area (TPSA) is 38.1 Å². The number of fused-ring (bicyclic) bond motifs is 3. The molecule has 1 aliphatic rings. The Morgan fingerprint density at radius 2 is 2.14 bits per heavy atom. The lowest BCUT2D eigenvalue weighted by atomic mass is 10.1. The molecule has 0 aliphatic carbocycles. The lowest BCUT2D eigenvalue weighted by molar-refractivity contribution is 0.318. The average molecular weight is 414 g/mol. The molecule has 3 heterocycles. The summed E-state index contributed by atoms with van der Waals surface area (Å²) in [5.74, 6) is 1.61. The molecule has 0 unspecified atom stereocenters. The van der Waals surface area contributed by atoms with E-state index < -0.39 is 0 Å². The summed E-state index contributed by atoms with van der Waals surface area (Å²) in [6.07, 6.45) is 2.04. The van der Waals surface area contributed by atoms with E-state index in [9.17, 15) is 4.79 Å². The van der Waals surface area contributed by atoms with Gasteiger partial charge in [0.05, 0.1) is 11.1 Å². The van der Waals surface area contributed by atoms with Crippen LogP contribution < -0.4 is 5.56 Å². The van der Waals surface area contributed by atoms with Gasteiger partial charge in [-0.05, 0) is 56.0 Å². The lowest BCUT2D eigenvalue weighted by Crippen LogP contribution is -2.27. The first-order valence-corrected chi connectivity index (χ1v) is 11.7. The Morgan fingerprint density at radius 3 is 2.89 bits per heavy atom. The van der Waals surface area contributed by atoms with Crippen LogP contribution in [0.3, 0.4) is 0 Å². The zero-order valence-electron chi connectivity index (χ0n) is 17.0. The van der Waals surface area contributed by atoms with Crippen LogP contribution in [0.25, 0.3) is 15.9 Å². The molecule has 6 heteroatoms. The molecule has 0 bridgehead atoms. The van der Waals surface area contributed by atoms with Gasteiger partial charge in [-0.25, -0.2) is 4.98 Å². The highest BCUT2D eigenvalue weighted by molar-refractivity contribution is 7.99. The summed E-state index contributed by atoms with van der Waals surface area (Å²) in [4.78, 5) is 23.2. The molecule has 148 valence electrons. The fourth-order valence-corrected chi connectivity index (χ4v) is 6.22. The Balaban J connectivity index is 1.90. The van der Waals surface area contributed by atoms with Gasteiger partial charge in [-0.1, -0.05) is 37.7 Å². The molecule has 0 atom stereocenters. The number of aromatic nitrogens is 2. The van der Waals surface area contributed by atoms with E-state index >= 15 is 0 Å². The second-order valence-corrected chi connectivity index (χ2v) is 10.2. The number of thioether (sulfide) groups is 1. The second-order valence-electron chi connectivity index (χ2n) is 8.08. The van der Waals surface area contributed by atoms with Crippen LogP contribution >= 0.6 is 23.1 Å². The molecule has 2 aromatic heterocycles. The first-order chi connectivity index (χ1) is 13.4. The minimum Gasteiger partial charge on any atom is -0.301 e. The maximum atomic E-state index is 13.7. The molecule has 1 aromatic carbocycles. The van der Waals surface area contributed by atoms with E-state index in [2.05, 4.69) is 44.9 Å². The monoisotopic (exact) mass is 413 g/mol. The molecule has 28 heavy (non-hydrogen) atoms. The number of aryl methyl sites for hydroxylation is 1. The highest BCUT2D eigenvalue weighted by Crippen LogP contribution is 2.34. The van der Waals surface area contributed by atoms with Crippen molar-refractivity contribution >= 4 is 33.3 Å². The molecule has 1 aliphatic heterocycles. The van der Waals surface area contributed by atoms with Gasteiger partial charge in [0.25, 0.3) is 5.56 Å². The van der Waals surface area contributed by atoms with Crippen molar-refractivity contribution in [2.75, 3.05) is 19.3 Å². The van der Waals surface area contributed by atoms with Crippen LogP contribution in [-0.4, -0.2) is 33.8 Å². The summed E-state index contributed by atoms with van der Waals surface area (Å²) >= 11 is 3.40. The van der Waals surface area contributed by atoms with Crippen molar-refractivity contribution in [3.63, 3.8) is 0 Å². The van der Waals surface area contributed by atoms with E-state index in [1.54, 1.807) is 23.1 Å². The van der Waals surface area contributed by atoms with Crippen molar-refractivity contribution in [2.24, 2.45) is 5.92 Å². The lowest BCUT2D eigenvalue weighted by Gasteiger charge is -2.21. The van der Waals surface area contributed by atoms with Gasteiger partial charge in [0.2, 0.25) is 0 Å². The van der Waals surface area contributed by atoms with Crippen LogP contribution in [0.5, 0.6) is 0 Å². The van der Waals surface area contributed by atoms with Crippen LogP contribution in [0.1, 0.15) is 36.3 Å². The van der Waals surface area contributed by atoms with Gasteiger partial charge < -0.3 is 4.90 Å². The van der Waals surface area contributed by atoms with E-state index in [1.807, 2.05) is 16.7 Å². The molecule has 4 nitrogen and oxygen atoms in total. The first kappa shape index (κ1) is 19.7. The fourth-order valence-electron chi connectivity index (χ4n) is 3.63. The van der Waals surface area contributed by atoms with Crippen LogP contribution in [0.4, 0.5) is 0 Å². The predicted molar refractivity (Wildman–Crippen MR) is 120 cm³/mol. The summed E-state index contributed by atoms with van der Waals surface area (Å²) in [7, 11) is 2.14. The maximum Gasteiger partial charge on any atom is 0.267 e. The largest absolute Gasteiger partial charge is 0.301 e. The highest BCUT2D eigenvalue weighted by atomic mass is 32.2. The van der Waals surface area contributed by atoms with Gasteiger partial charge in [-0.2, -0.15) is 0 Å². The second kappa shape index (κ2) is 8.01. The standard InChI is InChI=1S/C22H27N3OS2/c1-14(2)9-11-27-22-23-20-19(17-8-10-24(4)13-18(17)28-20)21(26)25(22)16-7-5-6-15(3)12-16/h5-7,12,14H,8-11,13H2,1-4H3. The van der Waals surface area contributed by atoms with Gasteiger partial charge in [-0.3, -0.25) is 9.36 Å². The Kier molecular flexibility index (Phi) is 5.63. The quantitative estimate of drug-likeness (QED) is 0.441. The average Bonchev–Trinajstić information content (AvgIpc) is 2.99. The van der Waals surface area contributed by atoms with Gasteiger partial charge in [0, 0.05) is 23.7 Å². The minimum absolute atomic E-state index is 0.0877. The number of benzene rings is 1. The third-order valence-electron chi connectivity index (χ3n) is 5.22. The summed E-state index contributed by atoms with van der Waals surface area (Å²) in [6, 6.07) is 8.17. The normalized spacial score (nSPS) is 14.8. The predicted octanol–water partition coefficient (Wildman–Crippen LogP) is 4.88. The highest BCUT2D eigenvalue weighted by Gasteiger charge is 2.24. The van der Waals surface area contributed by atoms with Crippen LogP contribution in [0.2, 0.25) is 0 Å². The fraction of sp³-hybridized carbons (Fsp3) is 0.455. The van der Waals surface area contributed by atoms with Gasteiger partial charge in [-0.15, -0.1) is 11.3 Å². The van der Waals surface area contributed by atoms with E-state index in [4.69, 9.17) is 4.98 Å². The van der Waals surface area contributed by atoms with Crippen LogP contribution in [0, 0.1) is 12.8 Å². The van der Waals surface area contributed by atoms with Crippen LogP contribution in [0.15, 0.2) is 34.2 Å². The van der Waals surface area contributed by atoms with E-state index in [0.717, 1.165) is 58.3 Å². The Labute approximate surface area is 174 Å². The zero-order valence-corrected chi connectivity index (χ0v) is 18.6. The smallest absolute Gasteiger partial charge is 0.267 e. The zero-order chi connectivity index (χ0) is 19.8. The third kappa shape index (κ3) is 3.78. The van der Waals surface area contributed by atoms with Gasteiger partial charge >= 0.3 is 0 Å². The summed E-state index contributed by atoms with van der Waals surface area (Å²) in [5.41, 5.74) is 3.37.